The molecular weight excluding hydrogens is 488 g/mol. The topological polar surface area (TPSA) is 115 Å². The van der Waals surface area contributed by atoms with Crippen LogP contribution in [0.3, 0.4) is 0 Å². The Morgan fingerprint density at radius 1 is 1.22 bits per heavy atom. The summed E-state index contributed by atoms with van der Waals surface area (Å²) in [4.78, 5) is 16.9. The van der Waals surface area contributed by atoms with Crippen molar-refractivity contribution in [2.45, 2.75) is 44.6 Å². The minimum atomic E-state index is -1.54. The largest absolute Gasteiger partial charge is 0.593 e. The van der Waals surface area contributed by atoms with Crippen LogP contribution in [0.5, 0.6) is 5.75 Å². The lowest BCUT2D eigenvalue weighted by molar-refractivity contribution is -0.143. The molecule has 190 valence electrons. The number of benzene rings is 2. The minimum absolute atomic E-state index is 0.203. The summed E-state index contributed by atoms with van der Waals surface area (Å²) < 4.78 is 24.5. The van der Waals surface area contributed by atoms with Crippen LogP contribution in [0.15, 0.2) is 66.0 Å². The van der Waals surface area contributed by atoms with Gasteiger partial charge in [0.1, 0.15) is 18.7 Å². The van der Waals surface area contributed by atoms with Gasteiger partial charge < -0.3 is 14.0 Å². The van der Waals surface area contributed by atoms with Gasteiger partial charge in [-0.3, -0.25) is 4.79 Å². The van der Waals surface area contributed by atoms with Gasteiger partial charge in [0.25, 0.3) is 0 Å². The van der Waals surface area contributed by atoms with E-state index in [1.165, 1.54) is 6.33 Å². The van der Waals surface area contributed by atoms with Crippen LogP contribution in [0.2, 0.25) is 0 Å². The maximum absolute atomic E-state index is 12.0. The summed E-state index contributed by atoms with van der Waals surface area (Å²) in [6.07, 6.45) is 3.61. The molecule has 0 spiro atoms. The van der Waals surface area contributed by atoms with Crippen molar-refractivity contribution in [2.24, 2.45) is 5.14 Å². The number of aryl methyl sites for hydroxylation is 1. The van der Waals surface area contributed by atoms with Crippen molar-refractivity contribution in [3.05, 3.63) is 77.7 Å². The van der Waals surface area contributed by atoms with Gasteiger partial charge in [-0.2, -0.15) is 5.10 Å². The standard InChI is InChI=1S/C28H28N4O4S/c1-4-6-21(15-27(33)35-5-2)20-7-9-24(10-8-20)36-17-23-14-22(16-32-28(23)30-18-31-32)26-12-11-25(37(29)34)13-19(26)3/h7-14,16,18,21H,5,15,17,29H2,1-3H3/t21-,37?/m0/s1. The first-order valence-electron chi connectivity index (χ1n) is 11.8. The Balaban J connectivity index is 1.54. The fraction of sp³-hybridized carbons (Fsp3) is 0.250. The van der Waals surface area contributed by atoms with Crippen LogP contribution in [0, 0.1) is 18.8 Å². The van der Waals surface area contributed by atoms with Gasteiger partial charge in [0.05, 0.1) is 30.3 Å². The third kappa shape index (κ3) is 6.30. The number of nitrogens with two attached hydrogens (primary N) is 1. The highest BCUT2D eigenvalue weighted by molar-refractivity contribution is 7.89. The molecule has 4 aromatic rings. The van der Waals surface area contributed by atoms with E-state index >= 15 is 0 Å². The fourth-order valence-electron chi connectivity index (χ4n) is 4.10. The molecule has 0 radical (unpaired) electrons. The Hall–Kier alpha value is -3.84. The molecule has 2 atom stereocenters. The zero-order valence-electron chi connectivity index (χ0n) is 20.9. The van der Waals surface area contributed by atoms with Gasteiger partial charge >= 0.3 is 5.97 Å². The third-order valence-corrected chi connectivity index (χ3v) is 6.58. The average Bonchev–Trinajstić information content (AvgIpc) is 3.36. The first-order valence-corrected chi connectivity index (χ1v) is 13.0. The first kappa shape index (κ1) is 26.2. The summed E-state index contributed by atoms with van der Waals surface area (Å²) in [5, 5.41) is 9.84. The van der Waals surface area contributed by atoms with E-state index in [0.717, 1.165) is 27.8 Å². The molecule has 4 rings (SSSR count). The molecule has 0 fully saturated rings. The maximum Gasteiger partial charge on any atom is 0.307 e. The Morgan fingerprint density at radius 3 is 2.68 bits per heavy atom. The summed E-state index contributed by atoms with van der Waals surface area (Å²) in [5.74, 6) is 6.15. The Labute approximate surface area is 219 Å². The van der Waals surface area contributed by atoms with E-state index in [9.17, 15) is 9.35 Å². The van der Waals surface area contributed by atoms with Crippen molar-refractivity contribution in [2.75, 3.05) is 6.61 Å². The van der Waals surface area contributed by atoms with Crippen LogP contribution in [0.4, 0.5) is 0 Å². The van der Waals surface area contributed by atoms with E-state index in [2.05, 4.69) is 21.9 Å². The van der Waals surface area contributed by atoms with E-state index in [0.29, 0.717) is 22.9 Å². The van der Waals surface area contributed by atoms with Crippen molar-refractivity contribution < 1.29 is 18.8 Å². The van der Waals surface area contributed by atoms with E-state index in [1.807, 2.05) is 55.6 Å². The molecule has 8 nitrogen and oxygen atoms in total. The number of nitrogens with zero attached hydrogens (tertiary/aromatic N) is 3. The van der Waals surface area contributed by atoms with Gasteiger partial charge in [-0.05, 0) is 73.9 Å². The Kier molecular flexibility index (Phi) is 8.46. The number of fused-ring (bicyclic) bond motifs is 1. The summed E-state index contributed by atoms with van der Waals surface area (Å²) in [5.41, 5.74) is 5.34. The fourth-order valence-corrected chi connectivity index (χ4v) is 4.60. The lowest BCUT2D eigenvalue weighted by Gasteiger charge is -2.13. The van der Waals surface area contributed by atoms with Crippen LogP contribution in [0.1, 0.15) is 42.9 Å². The summed E-state index contributed by atoms with van der Waals surface area (Å²) in [6.45, 7) is 6.12. The molecule has 0 saturated carbocycles. The molecule has 0 aliphatic heterocycles. The normalized spacial score (nSPS) is 12.5. The van der Waals surface area contributed by atoms with E-state index < -0.39 is 11.4 Å². The van der Waals surface area contributed by atoms with Crippen molar-refractivity contribution in [3.8, 4) is 28.7 Å². The number of carbonyl (C=O) groups excluding carboxylic acids is 1. The molecule has 2 aromatic carbocycles. The number of carbonyl (C=O) groups is 1. The number of esters is 1. The monoisotopic (exact) mass is 516 g/mol. The number of ether oxygens (including phenoxy) is 2. The highest BCUT2D eigenvalue weighted by Crippen LogP contribution is 2.28. The Bertz CT molecular complexity index is 1450. The van der Waals surface area contributed by atoms with E-state index in [-0.39, 0.29) is 24.9 Å². The molecule has 0 aliphatic carbocycles. The average molecular weight is 517 g/mol. The highest BCUT2D eigenvalue weighted by Gasteiger charge is 2.16. The molecule has 0 amide bonds. The second-order valence-electron chi connectivity index (χ2n) is 8.37. The predicted molar refractivity (Wildman–Crippen MR) is 142 cm³/mol. The van der Waals surface area contributed by atoms with Crippen LogP contribution in [0.25, 0.3) is 16.8 Å². The van der Waals surface area contributed by atoms with Gasteiger partial charge in [-0.1, -0.05) is 18.1 Å². The number of hydrogen-bond acceptors (Lipinski definition) is 7. The molecule has 2 heterocycles. The van der Waals surface area contributed by atoms with Crippen molar-refractivity contribution in [1.82, 2.24) is 14.6 Å². The third-order valence-electron chi connectivity index (χ3n) is 5.86. The van der Waals surface area contributed by atoms with Gasteiger partial charge in [-0.25, -0.2) is 9.50 Å². The van der Waals surface area contributed by atoms with E-state index in [4.69, 9.17) is 14.6 Å². The molecule has 2 N–H and O–H groups in total. The number of aromatic nitrogens is 3. The number of rotatable bonds is 9. The zero-order chi connectivity index (χ0) is 26.4. The molecule has 9 heteroatoms. The van der Waals surface area contributed by atoms with Gasteiger partial charge in [0, 0.05) is 17.3 Å². The molecule has 0 bridgehead atoms. The zero-order valence-corrected chi connectivity index (χ0v) is 21.7. The molecule has 0 aliphatic rings. The minimum Gasteiger partial charge on any atom is -0.593 e. The summed E-state index contributed by atoms with van der Waals surface area (Å²) in [7, 11) is 0. The molecule has 1 unspecified atom stereocenters. The smallest absolute Gasteiger partial charge is 0.307 e. The van der Waals surface area contributed by atoms with E-state index in [1.54, 1.807) is 24.4 Å². The molecule has 37 heavy (non-hydrogen) atoms. The Morgan fingerprint density at radius 2 is 2.00 bits per heavy atom. The first-order chi connectivity index (χ1) is 17.9. The number of pyridine rings is 1. The van der Waals surface area contributed by atoms with Crippen LogP contribution in [-0.2, 0) is 27.5 Å². The van der Waals surface area contributed by atoms with Gasteiger partial charge in [0.15, 0.2) is 10.5 Å². The second kappa shape index (κ2) is 11.9. The second-order valence-corrected chi connectivity index (χ2v) is 9.44. The predicted octanol–water partition coefficient (Wildman–Crippen LogP) is 4.33. The molecular formula is C28H28N4O4S. The number of hydrogen-bond donors (Lipinski definition) is 1. The highest BCUT2D eigenvalue weighted by atomic mass is 32.2. The molecule has 0 saturated heterocycles. The summed E-state index contributed by atoms with van der Waals surface area (Å²) in [6, 6.07) is 15.1. The lowest BCUT2D eigenvalue weighted by atomic mass is 9.96. The maximum atomic E-state index is 12.0. The van der Waals surface area contributed by atoms with Gasteiger partial charge in [-0.15, -0.1) is 11.1 Å². The van der Waals surface area contributed by atoms with Crippen LogP contribution < -0.4 is 9.88 Å². The lowest BCUT2D eigenvalue weighted by Crippen LogP contribution is -2.12. The molecule has 2 aromatic heterocycles. The quantitative estimate of drug-likeness (QED) is 0.200. The SMILES string of the molecule is CC#C[C@@H](CC(=O)OCC)c1ccc(OCc2cc(-c3ccc([S+](N)[O-])cc3C)cn3ncnc23)cc1. The van der Waals surface area contributed by atoms with Crippen LogP contribution in [-0.4, -0.2) is 31.7 Å². The van der Waals surface area contributed by atoms with Crippen LogP contribution >= 0.6 is 0 Å². The van der Waals surface area contributed by atoms with Crippen molar-refractivity contribution >= 4 is 23.0 Å². The van der Waals surface area contributed by atoms with Gasteiger partial charge in [0.2, 0.25) is 0 Å². The van der Waals surface area contributed by atoms with Crippen molar-refractivity contribution in [3.63, 3.8) is 0 Å². The summed E-state index contributed by atoms with van der Waals surface area (Å²) >= 11 is -1.54. The van der Waals surface area contributed by atoms with Crippen molar-refractivity contribution in [1.29, 1.82) is 0 Å².